The quantitative estimate of drug-likeness (QED) is 0.831. The highest BCUT2D eigenvalue weighted by atomic mass is 32.2. The fraction of sp³-hybridized carbons (Fsp3) is 0.545. The number of carbonyl (C=O) groups is 1. The Bertz CT molecular complexity index is 507. The van der Waals surface area contributed by atoms with Crippen LogP contribution in [0.2, 0.25) is 0 Å². The fourth-order valence-corrected chi connectivity index (χ4v) is 4.61. The summed E-state index contributed by atoms with van der Waals surface area (Å²) in [5.41, 5.74) is 0. The van der Waals surface area contributed by atoms with Crippen molar-refractivity contribution in [1.82, 2.24) is 4.31 Å². The molecule has 1 heterocycles. The Labute approximate surface area is 111 Å². The molecule has 0 atom stereocenters. The number of sulfonamides is 1. The van der Waals surface area contributed by atoms with Crippen LogP contribution in [0.1, 0.15) is 25.1 Å². The maximum atomic E-state index is 12.2. The Hall–Kier alpha value is -0.920. The van der Waals surface area contributed by atoms with Crippen LogP contribution in [0.4, 0.5) is 0 Å². The summed E-state index contributed by atoms with van der Waals surface area (Å²) in [5, 5.41) is 8.67. The topological polar surface area (TPSA) is 74.7 Å². The molecule has 0 aromatic carbocycles. The molecule has 0 radical (unpaired) electrons. The predicted molar refractivity (Wildman–Crippen MR) is 70.4 cm³/mol. The van der Waals surface area contributed by atoms with Gasteiger partial charge in [-0.3, -0.25) is 4.79 Å². The molecule has 18 heavy (non-hydrogen) atoms. The molecule has 1 aromatic rings. The SMILES string of the molecule is CCCN(CC)S(=O)(=O)c1ccc(CC(=O)O)s1. The summed E-state index contributed by atoms with van der Waals surface area (Å²) in [7, 11) is -3.47. The number of rotatable bonds is 7. The van der Waals surface area contributed by atoms with E-state index < -0.39 is 16.0 Å². The lowest BCUT2D eigenvalue weighted by molar-refractivity contribution is -0.136. The molecule has 0 aliphatic rings. The van der Waals surface area contributed by atoms with Gasteiger partial charge in [0.05, 0.1) is 6.42 Å². The van der Waals surface area contributed by atoms with E-state index in [1.54, 1.807) is 13.0 Å². The first kappa shape index (κ1) is 15.1. The number of hydrogen-bond donors (Lipinski definition) is 1. The van der Waals surface area contributed by atoms with Gasteiger partial charge in [-0.1, -0.05) is 13.8 Å². The zero-order chi connectivity index (χ0) is 13.8. The van der Waals surface area contributed by atoms with Gasteiger partial charge in [0.15, 0.2) is 0 Å². The summed E-state index contributed by atoms with van der Waals surface area (Å²) in [6, 6.07) is 3.04. The summed E-state index contributed by atoms with van der Waals surface area (Å²) in [6.45, 7) is 4.61. The molecule has 0 saturated carbocycles. The van der Waals surface area contributed by atoms with Crippen LogP contribution in [0.3, 0.4) is 0 Å². The minimum Gasteiger partial charge on any atom is -0.481 e. The minimum atomic E-state index is -3.47. The number of nitrogens with zero attached hydrogens (tertiary/aromatic N) is 1. The van der Waals surface area contributed by atoms with Crippen molar-refractivity contribution in [2.75, 3.05) is 13.1 Å². The maximum absolute atomic E-state index is 12.2. The minimum absolute atomic E-state index is 0.139. The molecule has 0 bridgehead atoms. The van der Waals surface area contributed by atoms with Crippen LogP contribution >= 0.6 is 11.3 Å². The van der Waals surface area contributed by atoms with Gasteiger partial charge in [0, 0.05) is 18.0 Å². The van der Waals surface area contributed by atoms with E-state index in [2.05, 4.69) is 0 Å². The Morgan fingerprint density at radius 3 is 2.56 bits per heavy atom. The fourth-order valence-electron chi connectivity index (χ4n) is 1.57. The lowest BCUT2D eigenvalue weighted by atomic mass is 10.3. The molecule has 0 aliphatic heterocycles. The Morgan fingerprint density at radius 2 is 2.06 bits per heavy atom. The van der Waals surface area contributed by atoms with Crippen molar-refractivity contribution in [1.29, 1.82) is 0 Å². The lowest BCUT2D eigenvalue weighted by Crippen LogP contribution is -2.31. The van der Waals surface area contributed by atoms with Gasteiger partial charge in [-0.15, -0.1) is 11.3 Å². The van der Waals surface area contributed by atoms with E-state index >= 15 is 0 Å². The molecule has 0 amide bonds. The van der Waals surface area contributed by atoms with Crippen molar-refractivity contribution in [3.63, 3.8) is 0 Å². The van der Waals surface area contributed by atoms with Crippen LogP contribution in [0, 0.1) is 0 Å². The third-order valence-corrected chi connectivity index (χ3v) is 5.91. The third kappa shape index (κ3) is 3.54. The molecule has 7 heteroatoms. The van der Waals surface area contributed by atoms with Crippen molar-refractivity contribution in [3.8, 4) is 0 Å². The highest BCUT2D eigenvalue weighted by Gasteiger charge is 2.24. The largest absolute Gasteiger partial charge is 0.481 e. The van der Waals surface area contributed by atoms with Crippen molar-refractivity contribution < 1.29 is 18.3 Å². The van der Waals surface area contributed by atoms with Gasteiger partial charge in [0.25, 0.3) is 10.0 Å². The van der Waals surface area contributed by atoms with Crippen LogP contribution in [-0.4, -0.2) is 36.9 Å². The standard InChI is InChI=1S/C11H17NO4S2/c1-3-7-12(4-2)18(15,16)11-6-5-9(17-11)8-10(13)14/h5-6H,3-4,7-8H2,1-2H3,(H,13,14). The smallest absolute Gasteiger partial charge is 0.308 e. The summed E-state index contributed by atoms with van der Waals surface area (Å²) in [6.07, 6.45) is 0.612. The van der Waals surface area contributed by atoms with Crippen molar-refractivity contribution in [2.24, 2.45) is 0 Å². The number of hydrogen-bond acceptors (Lipinski definition) is 4. The van der Waals surface area contributed by atoms with Gasteiger partial charge in [-0.2, -0.15) is 4.31 Å². The van der Waals surface area contributed by atoms with Crippen LogP contribution < -0.4 is 0 Å². The van der Waals surface area contributed by atoms with Gasteiger partial charge < -0.3 is 5.11 Å². The second kappa shape index (κ2) is 6.31. The molecule has 5 nitrogen and oxygen atoms in total. The summed E-state index contributed by atoms with van der Waals surface area (Å²) < 4.78 is 26.1. The summed E-state index contributed by atoms with van der Waals surface area (Å²) in [4.78, 5) is 11.1. The van der Waals surface area contributed by atoms with E-state index in [-0.39, 0.29) is 10.6 Å². The number of thiophene rings is 1. The molecule has 1 rings (SSSR count). The predicted octanol–water partition coefficient (Wildman–Crippen LogP) is 1.80. The first-order valence-electron chi connectivity index (χ1n) is 5.72. The molecule has 0 unspecified atom stereocenters. The second-order valence-electron chi connectivity index (χ2n) is 3.79. The number of aliphatic carboxylic acids is 1. The summed E-state index contributed by atoms with van der Waals surface area (Å²) in [5.74, 6) is -0.957. The molecular weight excluding hydrogens is 274 g/mol. The van der Waals surface area contributed by atoms with E-state index in [4.69, 9.17) is 5.11 Å². The summed E-state index contributed by atoms with van der Waals surface area (Å²) >= 11 is 1.03. The first-order chi connectivity index (χ1) is 8.41. The molecule has 102 valence electrons. The third-order valence-electron chi connectivity index (χ3n) is 2.38. The highest BCUT2D eigenvalue weighted by molar-refractivity contribution is 7.91. The van der Waals surface area contributed by atoms with E-state index in [0.29, 0.717) is 18.0 Å². The number of carboxylic acids is 1. The normalized spacial score (nSPS) is 11.9. The van der Waals surface area contributed by atoms with Crippen LogP contribution in [-0.2, 0) is 21.2 Å². The second-order valence-corrected chi connectivity index (χ2v) is 7.12. The zero-order valence-corrected chi connectivity index (χ0v) is 12.1. The van der Waals surface area contributed by atoms with E-state index in [0.717, 1.165) is 17.8 Å². The molecular formula is C11H17NO4S2. The van der Waals surface area contributed by atoms with Crippen molar-refractivity contribution in [2.45, 2.75) is 30.9 Å². The number of carboxylic acid groups (broad SMARTS) is 1. The van der Waals surface area contributed by atoms with Crippen molar-refractivity contribution >= 4 is 27.3 Å². The van der Waals surface area contributed by atoms with Gasteiger partial charge in [-0.25, -0.2) is 8.42 Å². The Morgan fingerprint density at radius 1 is 1.39 bits per heavy atom. The van der Waals surface area contributed by atoms with Crippen LogP contribution in [0.5, 0.6) is 0 Å². The van der Waals surface area contributed by atoms with Gasteiger partial charge in [-0.05, 0) is 18.6 Å². The van der Waals surface area contributed by atoms with E-state index in [1.807, 2.05) is 6.92 Å². The average molecular weight is 291 g/mol. The van der Waals surface area contributed by atoms with E-state index in [9.17, 15) is 13.2 Å². The molecule has 1 N–H and O–H groups in total. The van der Waals surface area contributed by atoms with Crippen molar-refractivity contribution in [3.05, 3.63) is 17.0 Å². The molecule has 0 aliphatic carbocycles. The zero-order valence-electron chi connectivity index (χ0n) is 10.4. The van der Waals surface area contributed by atoms with Gasteiger partial charge >= 0.3 is 5.97 Å². The molecule has 0 saturated heterocycles. The van der Waals surface area contributed by atoms with E-state index in [1.165, 1.54) is 10.4 Å². The van der Waals surface area contributed by atoms with Gasteiger partial charge in [0.2, 0.25) is 0 Å². The average Bonchev–Trinajstić information content (AvgIpc) is 2.73. The molecule has 0 fully saturated rings. The Balaban J connectivity index is 2.97. The highest BCUT2D eigenvalue weighted by Crippen LogP contribution is 2.25. The first-order valence-corrected chi connectivity index (χ1v) is 7.98. The monoisotopic (exact) mass is 291 g/mol. The molecule has 1 aromatic heterocycles. The Kier molecular flexibility index (Phi) is 5.30. The lowest BCUT2D eigenvalue weighted by Gasteiger charge is -2.18. The van der Waals surface area contributed by atoms with Crippen LogP contribution in [0.15, 0.2) is 16.3 Å². The maximum Gasteiger partial charge on any atom is 0.308 e. The van der Waals surface area contributed by atoms with Crippen LogP contribution in [0.25, 0.3) is 0 Å². The van der Waals surface area contributed by atoms with Gasteiger partial charge in [0.1, 0.15) is 4.21 Å². The molecule has 0 spiro atoms.